The maximum absolute atomic E-state index is 12.1. The number of nitrogens with zero attached hydrogens (tertiary/aromatic N) is 4. The predicted molar refractivity (Wildman–Crippen MR) is 71.9 cm³/mol. The van der Waals surface area contributed by atoms with Gasteiger partial charge in [-0.3, -0.25) is 9.89 Å². The van der Waals surface area contributed by atoms with E-state index in [1.807, 2.05) is 0 Å². The topological polar surface area (TPSA) is 104 Å². The molecule has 2 aromatic rings. The van der Waals surface area contributed by atoms with E-state index in [1.54, 1.807) is 27.8 Å². The molecule has 3 heterocycles. The van der Waals surface area contributed by atoms with Crippen LogP contribution in [0.15, 0.2) is 24.7 Å². The highest BCUT2D eigenvalue weighted by molar-refractivity contribution is 5.90. The van der Waals surface area contributed by atoms with E-state index in [-0.39, 0.29) is 23.5 Å². The number of H-pyrrole nitrogens is 1. The molecule has 0 atom stereocenters. The second kappa shape index (κ2) is 5.39. The zero-order valence-electron chi connectivity index (χ0n) is 11.3. The number of aromatic nitrogens is 4. The number of carbonyl (C=O) groups excluding carboxylic acids is 1. The van der Waals surface area contributed by atoms with Crippen LogP contribution < -0.4 is 0 Å². The molecule has 8 nitrogen and oxygen atoms in total. The number of nitrogens with one attached hydrogen (secondary N) is 1. The average molecular weight is 289 g/mol. The van der Waals surface area contributed by atoms with Crippen LogP contribution in [0.1, 0.15) is 40.0 Å². The number of carboxylic acid groups (broad SMARTS) is 1. The van der Waals surface area contributed by atoms with Crippen molar-refractivity contribution in [1.82, 2.24) is 24.6 Å². The molecule has 8 heteroatoms. The lowest BCUT2D eigenvalue weighted by atomic mass is 10.0. The Bertz CT molecular complexity index is 641. The third-order valence-corrected chi connectivity index (χ3v) is 3.76. The quantitative estimate of drug-likeness (QED) is 0.869. The number of hydrogen-bond donors (Lipinski definition) is 2. The van der Waals surface area contributed by atoms with Crippen molar-refractivity contribution in [1.29, 1.82) is 0 Å². The van der Waals surface area contributed by atoms with Crippen LogP contribution in [-0.2, 0) is 0 Å². The van der Waals surface area contributed by atoms with Crippen LogP contribution in [-0.4, -0.2) is 54.7 Å². The molecule has 21 heavy (non-hydrogen) atoms. The molecular formula is C13H15N5O3. The number of carboxylic acids is 1. The number of amides is 1. The number of aromatic carboxylic acids is 1. The molecule has 0 spiro atoms. The second-order valence-electron chi connectivity index (χ2n) is 4.96. The van der Waals surface area contributed by atoms with Gasteiger partial charge in [0.1, 0.15) is 12.0 Å². The summed E-state index contributed by atoms with van der Waals surface area (Å²) in [5.74, 6) is -0.863. The largest absolute Gasteiger partial charge is 0.477 e. The third-order valence-electron chi connectivity index (χ3n) is 3.76. The van der Waals surface area contributed by atoms with E-state index in [0.29, 0.717) is 13.1 Å². The number of aromatic amines is 1. The Kier molecular flexibility index (Phi) is 3.43. The number of piperidine rings is 1. The van der Waals surface area contributed by atoms with E-state index in [1.165, 1.54) is 6.33 Å². The second-order valence-corrected chi connectivity index (χ2v) is 4.96. The summed E-state index contributed by atoms with van der Waals surface area (Å²) in [4.78, 5) is 28.8. The highest BCUT2D eigenvalue weighted by Crippen LogP contribution is 2.25. The van der Waals surface area contributed by atoms with Gasteiger partial charge in [-0.15, -0.1) is 0 Å². The fraction of sp³-hybridized carbons (Fsp3) is 0.385. The average Bonchev–Trinajstić information content (AvgIpc) is 3.18. The van der Waals surface area contributed by atoms with E-state index in [0.717, 1.165) is 12.8 Å². The van der Waals surface area contributed by atoms with Crippen LogP contribution in [0.4, 0.5) is 0 Å². The van der Waals surface area contributed by atoms with Crippen LogP contribution in [0.25, 0.3) is 0 Å². The van der Waals surface area contributed by atoms with Crippen molar-refractivity contribution in [2.24, 2.45) is 0 Å². The Morgan fingerprint density at radius 3 is 2.71 bits per heavy atom. The van der Waals surface area contributed by atoms with Gasteiger partial charge in [0.2, 0.25) is 5.82 Å². The highest BCUT2D eigenvalue weighted by atomic mass is 16.4. The van der Waals surface area contributed by atoms with Gasteiger partial charge in [0, 0.05) is 25.3 Å². The predicted octanol–water partition coefficient (Wildman–Crippen LogP) is 0.782. The minimum Gasteiger partial charge on any atom is -0.477 e. The van der Waals surface area contributed by atoms with Gasteiger partial charge >= 0.3 is 5.97 Å². The van der Waals surface area contributed by atoms with E-state index >= 15 is 0 Å². The molecule has 0 aliphatic carbocycles. The fourth-order valence-electron chi connectivity index (χ4n) is 2.70. The maximum Gasteiger partial charge on any atom is 0.352 e. The number of hydrogen-bond acceptors (Lipinski definition) is 4. The SMILES string of the molecule is O=C(O)c1cccn1C1CCN(C(=O)c2ncn[nH]2)CC1. The first-order valence-corrected chi connectivity index (χ1v) is 6.71. The summed E-state index contributed by atoms with van der Waals surface area (Å²) in [6.45, 7) is 1.14. The summed E-state index contributed by atoms with van der Waals surface area (Å²) in [6.07, 6.45) is 4.52. The molecule has 1 aliphatic heterocycles. The van der Waals surface area contributed by atoms with Gasteiger partial charge in [-0.05, 0) is 25.0 Å². The molecule has 0 bridgehead atoms. The standard InChI is InChI=1S/C13H15N5O3/c19-12(11-14-8-15-16-11)17-6-3-9(4-7-17)18-5-1-2-10(18)13(20)21/h1-2,5,8-9H,3-4,6-7H2,(H,20,21)(H,14,15,16). The summed E-state index contributed by atoms with van der Waals surface area (Å²) in [6, 6.07) is 3.43. The molecule has 0 radical (unpaired) electrons. The summed E-state index contributed by atoms with van der Waals surface area (Å²) in [7, 11) is 0. The Hall–Kier alpha value is -2.64. The third kappa shape index (κ3) is 2.51. The minimum absolute atomic E-state index is 0.102. The first kappa shape index (κ1) is 13.3. The zero-order chi connectivity index (χ0) is 14.8. The molecule has 1 fully saturated rings. The van der Waals surface area contributed by atoms with E-state index in [2.05, 4.69) is 15.2 Å². The van der Waals surface area contributed by atoms with Crippen LogP contribution >= 0.6 is 0 Å². The minimum atomic E-state index is -0.930. The molecule has 1 amide bonds. The molecule has 110 valence electrons. The molecular weight excluding hydrogens is 274 g/mol. The van der Waals surface area contributed by atoms with Crippen molar-refractivity contribution in [3.05, 3.63) is 36.2 Å². The molecule has 2 N–H and O–H groups in total. The lowest BCUT2D eigenvalue weighted by molar-refractivity contribution is 0.0645. The van der Waals surface area contributed by atoms with Crippen molar-refractivity contribution >= 4 is 11.9 Å². The van der Waals surface area contributed by atoms with Gasteiger partial charge < -0.3 is 14.6 Å². The molecule has 0 unspecified atom stereocenters. The number of rotatable bonds is 3. The van der Waals surface area contributed by atoms with E-state index in [4.69, 9.17) is 5.11 Å². The van der Waals surface area contributed by atoms with Crippen molar-refractivity contribution in [3.63, 3.8) is 0 Å². The van der Waals surface area contributed by atoms with Gasteiger partial charge in [-0.2, -0.15) is 5.10 Å². The van der Waals surface area contributed by atoms with Gasteiger partial charge in [0.05, 0.1) is 0 Å². The van der Waals surface area contributed by atoms with Crippen LogP contribution in [0, 0.1) is 0 Å². The lowest BCUT2D eigenvalue weighted by Crippen LogP contribution is -2.39. The van der Waals surface area contributed by atoms with E-state index in [9.17, 15) is 9.59 Å². The maximum atomic E-state index is 12.1. The van der Waals surface area contributed by atoms with Crippen LogP contribution in [0.2, 0.25) is 0 Å². The summed E-state index contributed by atoms with van der Waals surface area (Å²) >= 11 is 0. The number of likely N-dealkylation sites (tertiary alicyclic amines) is 1. The summed E-state index contributed by atoms with van der Waals surface area (Å²) < 4.78 is 1.78. The van der Waals surface area contributed by atoms with Crippen LogP contribution in [0.5, 0.6) is 0 Å². The normalized spacial score (nSPS) is 16.1. The van der Waals surface area contributed by atoms with Crippen LogP contribution in [0.3, 0.4) is 0 Å². The van der Waals surface area contributed by atoms with Gasteiger partial charge in [0.15, 0.2) is 0 Å². The number of carbonyl (C=O) groups is 2. The summed E-state index contributed by atoms with van der Waals surface area (Å²) in [5, 5.41) is 15.4. The van der Waals surface area contributed by atoms with Gasteiger partial charge in [0.25, 0.3) is 5.91 Å². The van der Waals surface area contributed by atoms with Crippen molar-refractivity contribution < 1.29 is 14.7 Å². The molecule has 2 aromatic heterocycles. The first-order valence-electron chi connectivity index (χ1n) is 6.71. The lowest BCUT2D eigenvalue weighted by Gasteiger charge is -2.32. The molecule has 0 saturated carbocycles. The monoisotopic (exact) mass is 289 g/mol. The Morgan fingerprint density at radius 1 is 1.33 bits per heavy atom. The molecule has 1 aliphatic rings. The first-order chi connectivity index (χ1) is 10.2. The Labute approximate surface area is 120 Å². The summed E-state index contributed by atoms with van der Waals surface area (Å²) in [5.41, 5.74) is 0.287. The molecule has 0 aromatic carbocycles. The Morgan fingerprint density at radius 2 is 2.10 bits per heavy atom. The van der Waals surface area contributed by atoms with Crippen molar-refractivity contribution in [2.75, 3.05) is 13.1 Å². The van der Waals surface area contributed by atoms with Gasteiger partial charge in [-0.1, -0.05) is 0 Å². The Balaban J connectivity index is 1.66. The smallest absolute Gasteiger partial charge is 0.352 e. The van der Waals surface area contributed by atoms with Crippen molar-refractivity contribution in [2.45, 2.75) is 18.9 Å². The van der Waals surface area contributed by atoms with Crippen molar-refractivity contribution in [3.8, 4) is 0 Å². The van der Waals surface area contributed by atoms with E-state index < -0.39 is 5.97 Å². The molecule has 1 saturated heterocycles. The molecule has 3 rings (SSSR count). The highest BCUT2D eigenvalue weighted by Gasteiger charge is 2.27. The van der Waals surface area contributed by atoms with Gasteiger partial charge in [-0.25, -0.2) is 9.78 Å². The fourth-order valence-corrected chi connectivity index (χ4v) is 2.70. The zero-order valence-corrected chi connectivity index (χ0v) is 11.3.